The van der Waals surface area contributed by atoms with Crippen molar-refractivity contribution in [3.05, 3.63) is 35.5 Å². The summed E-state index contributed by atoms with van der Waals surface area (Å²) in [5.74, 6) is 0. The molecular formula is C15H21NO2. The van der Waals surface area contributed by atoms with Crippen LogP contribution in [0.4, 0.5) is 0 Å². The summed E-state index contributed by atoms with van der Waals surface area (Å²) in [6, 6.07) is 8.60. The first-order valence-corrected chi connectivity index (χ1v) is 6.46. The van der Waals surface area contributed by atoms with E-state index in [0.29, 0.717) is 13.2 Å². The Morgan fingerprint density at radius 1 is 1.11 bits per heavy atom. The number of hydrogen-bond acceptors (Lipinski definition) is 2. The quantitative estimate of drug-likeness (QED) is 0.754. The van der Waals surface area contributed by atoms with E-state index in [2.05, 4.69) is 42.8 Å². The fourth-order valence-corrected chi connectivity index (χ4v) is 2.21. The van der Waals surface area contributed by atoms with Crippen molar-refractivity contribution in [2.75, 3.05) is 13.2 Å². The zero-order chi connectivity index (χ0) is 13.1. The molecule has 3 nitrogen and oxygen atoms in total. The van der Waals surface area contributed by atoms with Gasteiger partial charge >= 0.3 is 0 Å². The van der Waals surface area contributed by atoms with Gasteiger partial charge < -0.3 is 14.0 Å². The maximum Gasteiger partial charge on any atom is 0.199 e. The number of fused-ring (bicyclic) bond motifs is 1. The Labute approximate surface area is 108 Å². The lowest BCUT2D eigenvalue weighted by Crippen LogP contribution is -2.12. The molecule has 0 radical (unpaired) electrons. The highest BCUT2D eigenvalue weighted by molar-refractivity contribution is 5.82. The highest BCUT2D eigenvalue weighted by atomic mass is 16.7. The van der Waals surface area contributed by atoms with E-state index in [0.717, 1.165) is 5.69 Å². The minimum absolute atomic E-state index is 0.280. The second-order valence-electron chi connectivity index (χ2n) is 4.43. The number of hydrogen-bond donors (Lipinski definition) is 0. The zero-order valence-corrected chi connectivity index (χ0v) is 11.6. The van der Waals surface area contributed by atoms with Crippen molar-refractivity contribution in [3.8, 4) is 0 Å². The number of nitrogens with zero attached hydrogens (tertiary/aromatic N) is 1. The lowest BCUT2D eigenvalue weighted by molar-refractivity contribution is -0.143. The fraction of sp³-hybridized carbons (Fsp3) is 0.467. The molecule has 2 rings (SSSR count). The van der Waals surface area contributed by atoms with Gasteiger partial charge in [-0.05, 0) is 38.5 Å². The Kier molecular flexibility index (Phi) is 4.04. The molecule has 0 aliphatic rings. The van der Waals surface area contributed by atoms with Crippen molar-refractivity contribution >= 4 is 10.9 Å². The number of benzene rings is 1. The van der Waals surface area contributed by atoms with E-state index in [1.807, 2.05) is 13.8 Å². The molecule has 1 aromatic carbocycles. The lowest BCUT2D eigenvalue weighted by Gasteiger charge is -2.17. The molecule has 0 saturated heterocycles. The molecule has 0 N–H and O–H groups in total. The Hall–Kier alpha value is -1.32. The average molecular weight is 247 g/mol. The summed E-state index contributed by atoms with van der Waals surface area (Å²) in [7, 11) is 2.06. The second-order valence-corrected chi connectivity index (χ2v) is 4.43. The van der Waals surface area contributed by atoms with Crippen LogP contribution in [0.5, 0.6) is 0 Å². The fourth-order valence-electron chi connectivity index (χ4n) is 2.21. The summed E-state index contributed by atoms with van der Waals surface area (Å²) in [6.07, 6.45) is -0.280. The van der Waals surface area contributed by atoms with E-state index in [1.165, 1.54) is 16.5 Å². The van der Waals surface area contributed by atoms with Gasteiger partial charge in [0.05, 0.1) is 5.69 Å². The van der Waals surface area contributed by atoms with Crippen LogP contribution in [-0.2, 0) is 16.5 Å². The van der Waals surface area contributed by atoms with Crippen molar-refractivity contribution in [2.45, 2.75) is 27.1 Å². The minimum atomic E-state index is -0.280. The first-order valence-electron chi connectivity index (χ1n) is 6.46. The molecule has 18 heavy (non-hydrogen) atoms. The Bertz CT molecular complexity index is 525. The molecule has 0 unspecified atom stereocenters. The third-order valence-electron chi connectivity index (χ3n) is 3.12. The van der Waals surface area contributed by atoms with Gasteiger partial charge in [0.25, 0.3) is 0 Å². The molecule has 3 heteroatoms. The Morgan fingerprint density at radius 2 is 1.78 bits per heavy atom. The van der Waals surface area contributed by atoms with Gasteiger partial charge in [0, 0.05) is 31.2 Å². The third kappa shape index (κ3) is 2.42. The van der Waals surface area contributed by atoms with Gasteiger partial charge in [-0.15, -0.1) is 0 Å². The standard InChI is InChI=1S/C15H21NO2/c1-5-17-15(18-6-2)14-10-12-8-7-11(3)9-13(12)16(14)4/h7-10,15H,5-6H2,1-4H3. The molecule has 0 amide bonds. The average Bonchev–Trinajstić information content (AvgIpc) is 2.67. The number of aromatic nitrogens is 1. The van der Waals surface area contributed by atoms with Gasteiger partial charge in [-0.3, -0.25) is 0 Å². The maximum atomic E-state index is 5.67. The van der Waals surface area contributed by atoms with Crippen LogP contribution in [0.25, 0.3) is 10.9 Å². The smallest absolute Gasteiger partial charge is 0.199 e. The lowest BCUT2D eigenvalue weighted by atomic mass is 10.2. The summed E-state index contributed by atoms with van der Waals surface area (Å²) in [4.78, 5) is 0. The number of aryl methyl sites for hydroxylation is 2. The van der Waals surface area contributed by atoms with Crippen LogP contribution in [-0.4, -0.2) is 17.8 Å². The molecule has 0 saturated carbocycles. The summed E-state index contributed by atoms with van der Waals surface area (Å²) in [5, 5.41) is 1.22. The second kappa shape index (κ2) is 5.55. The van der Waals surface area contributed by atoms with Crippen LogP contribution in [0.3, 0.4) is 0 Å². The molecule has 0 atom stereocenters. The molecule has 0 spiro atoms. The minimum Gasteiger partial charge on any atom is -0.347 e. The maximum absolute atomic E-state index is 5.67. The summed E-state index contributed by atoms with van der Waals surface area (Å²) < 4.78 is 13.5. The van der Waals surface area contributed by atoms with Crippen molar-refractivity contribution < 1.29 is 9.47 Å². The topological polar surface area (TPSA) is 23.4 Å². The van der Waals surface area contributed by atoms with Gasteiger partial charge in [-0.1, -0.05) is 12.1 Å². The molecule has 0 bridgehead atoms. The van der Waals surface area contributed by atoms with Crippen LogP contribution < -0.4 is 0 Å². The largest absolute Gasteiger partial charge is 0.347 e. The van der Waals surface area contributed by atoms with E-state index in [9.17, 15) is 0 Å². The molecule has 0 fully saturated rings. The molecule has 0 aliphatic heterocycles. The van der Waals surface area contributed by atoms with Gasteiger partial charge in [-0.2, -0.15) is 0 Å². The first kappa shape index (κ1) is 13.1. The molecule has 1 heterocycles. The highest BCUT2D eigenvalue weighted by Gasteiger charge is 2.17. The Morgan fingerprint density at radius 3 is 2.39 bits per heavy atom. The summed E-state index contributed by atoms with van der Waals surface area (Å²) >= 11 is 0. The van der Waals surface area contributed by atoms with Gasteiger partial charge in [-0.25, -0.2) is 0 Å². The predicted molar refractivity (Wildman–Crippen MR) is 73.6 cm³/mol. The van der Waals surface area contributed by atoms with Crippen molar-refractivity contribution in [1.82, 2.24) is 4.57 Å². The summed E-state index contributed by atoms with van der Waals surface area (Å²) in [5.41, 5.74) is 3.55. The molecule has 98 valence electrons. The number of ether oxygens (including phenoxy) is 2. The van der Waals surface area contributed by atoms with Gasteiger partial charge in [0.15, 0.2) is 6.29 Å². The van der Waals surface area contributed by atoms with Crippen molar-refractivity contribution in [1.29, 1.82) is 0 Å². The molecular weight excluding hydrogens is 226 g/mol. The van der Waals surface area contributed by atoms with Gasteiger partial charge in [0.1, 0.15) is 0 Å². The zero-order valence-electron chi connectivity index (χ0n) is 11.6. The van der Waals surface area contributed by atoms with E-state index in [4.69, 9.17) is 9.47 Å². The van der Waals surface area contributed by atoms with Crippen molar-refractivity contribution in [3.63, 3.8) is 0 Å². The van der Waals surface area contributed by atoms with Crippen molar-refractivity contribution in [2.24, 2.45) is 7.05 Å². The van der Waals surface area contributed by atoms with Crippen LogP contribution in [0.1, 0.15) is 31.4 Å². The third-order valence-corrected chi connectivity index (χ3v) is 3.12. The number of rotatable bonds is 5. The highest BCUT2D eigenvalue weighted by Crippen LogP contribution is 2.27. The monoisotopic (exact) mass is 247 g/mol. The van der Waals surface area contributed by atoms with Gasteiger partial charge in [0.2, 0.25) is 0 Å². The summed E-state index contributed by atoms with van der Waals surface area (Å²) in [6.45, 7) is 7.36. The van der Waals surface area contributed by atoms with E-state index in [-0.39, 0.29) is 6.29 Å². The van der Waals surface area contributed by atoms with Crippen LogP contribution >= 0.6 is 0 Å². The van der Waals surface area contributed by atoms with E-state index >= 15 is 0 Å². The predicted octanol–water partition coefficient (Wildman–Crippen LogP) is 3.56. The normalized spacial score (nSPS) is 11.6. The molecule has 2 aromatic rings. The van der Waals surface area contributed by atoms with E-state index in [1.54, 1.807) is 0 Å². The van der Waals surface area contributed by atoms with Crippen LogP contribution in [0.2, 0.25) is 0 Å². The Balaban J connectivity index is 2.46. The van der Waals surface area contributed by atoms with Crippen LogP contribution in [0.15, 0.2) is 24.3 Å². The molecule has 1 aromatic heterocycles. The first-order chi connectivity index (χ1) is 8.67. The molecule has 0 aliphatic carbocycles. The SMILES string of the molecule is CCOC(OCC)c1cc2ccc(C)cc2n1C. The van der Waals surface area contributed by atoms with E-state index < -0.39 is 0 Å². The van der Waals surface area contributed by atoms with Crippen LogP contribution in [0, 0.1) is 6.92 Å².